The van der Waals surface area contributed by atoms with E-state index >= 15 is 0 Å². The van der Waals surface area contributed by atoms with Crippen molar-refractivity contribution in [3.63, 3.8) is 0 Å². The molecule has 0 aliphatic carbocycles. The van der Waals surface area contributed by atoms with E-state index in [1.807, 2.05) is 0 Å². The zero-order chi connectivity index (χ0) is 12.9. The summed E-state index contributed by atoms with van der Waals surface area (Å²) in [5.74, 6) is 0.903. The molecule has 1 atom stereocenters. The first-order valence-corrected chi connectivity index (χ1v) is 6.76. The number of carbonyl (C=O) groups excluding carboxylic acids is 1. The molecule has 1 saturated heterocycles. The monoisotopic (exact) mass is 241 g/mol. The van der Waals surface area contributed by atoms with Crippen LogP contribution in [0.4, 0.5) is 0 Å². The van der Waals surface area contributed by atoms with Gasteiger partial charge in [0.2, 0.25) is 5.91 Å². The number of ether oxygens (including phenoxy) is 1. The van der Waals surface area contributed by atoms with Gasteiger partial charge in [0.15, 0.2) is 0 Å². The van der Waals surface area contributed by atoms with Gasteiger partial charge in [0.1, 0.15) is 0 Å². The van der Waals surface area contributed by atoms with Crippen molar-refractivity contribution < 1.29 is 9.53 Å². The van der Waals surface area contributed by atoms with E-state index in [1.54, 1.807) is 0 Å². The van der Waals surface area contributed by atoms with Gasteiger partial charge >= 0.3 is 0 Å². The summed E-state index contributed by atoms with van der Waals surface area (Å²) in [5.41, 5.74) is 0.180. The molecule has 1 amide bonds. The van der Waals surface area contributed by atoms with Gasteiger partial charge in [0.25, 0.3) is 0 Å². The summed E-state index contributed by atoms with van der Waals surface area (Å²) in [4.78, 5) is 11.9. The summed E-state index contributed by atoms with van der Waals surface area (Å²) in [6, 6.07) is 0. The van der Waals surface area contributed by atoms with Gasteiger partial charge in [-0.25, -0.2) is 0 Å². The Kier molecular flexibility index (Phi) is 5.44. The highest BCUT2D eigenvalue weighted by molar-refractivity contribution is 5.78. The van der Waals surface area contributed by atoms with Crippen LogP contribution < -0.4 is 5.32 Å². The molecule has 100 valence electrons. The minimum Gasteiger partial charge on any atom is -0.381 e. The van der Waals surface area contributed by atoms with Gasteiger partial charge < -0.3 is 10.1 Å². The van der Waals surface area contributed by atoms with Crippen LogP contribution in [-0.2, 0) is 9.53 Å². The highest BCUT2D eigenvalue weighted by Crippen LogP contribution is 2.24. The standard InChI is InChI=1S/C14H27NO2/c1-11(2)8-14(3,4)10-15-13(16)12-6-5-7-17-9-12/h11-12H,5-10H2,1-4H3,(H,15,16). The molecule has 0 aromatic heterocycles. The lowest BCUT2D eigenvalue weighted by Gasteiger charge is -2.28. The van der Waals surface area contributed by atoms with Crippen molar-refractivity contribution in [3.8, 4) is 0 Å². The molecule has 1 N–H and O–H groups in total. The molecular formula is C14H27NO2. The van der Waals surface area contributed by atoms with E-state index in [0.717, 1.165) is 32.4 Å². The lowest BCUT2D eigenvalue weighted by atomic mass is 9.84. The Bertz CT molecular complexity index is 243. The van der Waals surface area contributed by atoms with Gasteiger partial charge in [-0.3, -0.25) is 4.79 Å². The Hall–Kier alpha value is -0.570. The Labute approximate surface area is 105 Å². The van der Waals surface area contributed by atoms with Crippen molar-refractivity contribution in [2.24, 2.45) is 17.3 Å². The predicted octanol–water partition coefficient (Wildman–Crippen LogP) is 2.60. The first kappa shape index (κ1) is 14.5. The van der Waals surface area contributed by atoms with Gasteiger partial charge in [-0.05, 0) is 30.6 Å². The number of hydrogen-bond acceptors (Lipinski definition) is 2. The normalized spacial score (nSPS) is 21.6. The molecule has 3 heteroatoms. The Morgan fingerprint density at radius 3 is 2.71 bits per heavy atom. The average molecular weight is 241 g/mol. The lowest BCUT2D eigenvalue weighted by molar-refractivity contribution is -0.129. The molecule has 0 aromatic carbocycles. The van der Waals surface area contributed by atoms with Crippen LogP contribution in [0.3, 0.4) is 0 Å². The highest BCUT2D eigenvalue weighted by atomic mass is 16.5. The predicted molar refractivity (Wildman–Crippen MR) is 69.8 cm³/mol. The number of hydrogen-bond donors (Lipinski definition) is 1. The van der Waals surface area contributed by atoms with E-state index in [4.69, 9.17) is 4.74 Å². The van der Waals surface area contributed by atoms with E-state index in [-0.39, 0.29) is 17.2 Å². The lowest BCUT2D eigenvalue weighted by Crippen LogP contribution is -2.40. The van der Waals surface area contributed by atoms with Crippen LogP contribution in [0.1, 0.15) is 47.0 Å². The van der Waals surface area contributed by atoms with Gasteiger partial charge in [-0.1, -0.05) is 27.7 Å². The maximum atomic E-state index is 11.9. The van der Waals surface area contributed by atoms with Gasteiger partial charge in [-0.15, -0.1) is 0 Å². The van der Waals surface area contributed by atoms with E-state index < -0.39 is 0 Å². The minimum absolute atomic E-state index is 0.0681. The molecule has 1 fully saturated rings. The third kappa shape index (κ3) is 5.53. The Balaban J connectivity index is 2.31. The maximum absolute atomic E-state index is 11.9. The van der Waals surface area contributed by atoms with Gasteiger partial charge in [0.05, 0.1) is 12.5 Å². The molecule has 1 aliphatic heterocycles. The molecule has 0 radical (unpaired) electrons. The van der Waals surface area contributed by atoms with Crippen molar-refractivity contribution >= 4 is 5.91 Å². The van der Waals surface area contributed by atoms with Gasteiger partial charge in [-0.2, -0.15) is 0 Å². The molecular weight excluding hydrogens is 214 g/mol. The fraction of sp³-hybridized carbons (Fsp3) is 0.929. The van der Waals surface area contributed by atoms with Crippen LogP contribution in [0.25, 0.3) is 0 Å². The topological polar surface area (TPSA) is 38.3 Å². The van der Waals surface area contributed by atoms with Crippen LogP contribution in [-0.4, -0.2) is 25.7 Å². The van der Waals surface area contributed by atoms with Crippen LogP contribution in [0.5, 0.6) is 0 Å². The molecule has 0 saturated carbocycles. The van der Waals surface area contributed by atoms with Crippen molar-refractivity contribution in [1.82, 2.24) is 5.32 Å². The second kappa shape index (κ2) is 6.39. The van der Waals surface area contributed by atoms with E-state index in [1.165, 1.54) is 0 Å². The first-order valence-electron chi connectivity index (χ1n) is 6.76. The van der Waals surface area contributed by atoms with E-state index in [9.17, 15) is 4.79 Å². The second-order valence-electron chi connectivity index (χ2n) is 6.39. The molecule has 0 bridgehead atoms. The highest BCUT2D eigenvalue weighted by Gasteiger charge is 2.25. The molecule has 1 unspecified atom stereocenters. The van der Waals surface area contributed by atoms with Crippen LogP contribution in [0.2, 0.25) is 0 Å². The maximum Gasteiger partial charge on any atom is 0.225 e. The van der Waals surface area contributed by atoms with Crippen molar-refractivity contribution in [2.45, 2.75) is 47.0 Å². The molecule has 17 heavy (non-hydrogen) atoms. The van der Waals surface area contributed by atoms with Crippen LogP contribution in [0.15, 0.2) is 0 Å². The van der Waals surface area contributed by atoms with Crippen LogP contribution >= 0.6 is 0 Å². The second-order valence-corrected chi connectivity index (χ2v) is 6.39. The van der Waals surface area contributed by atoms with Gasteiger partial charge in [0, 0.05) is 13.2 Å². The summed E-state index contributed by atoms with van der Waals surface area (Å²) < 4.78 is 5.34. The summed E-state index contributed by atoms with van der Waals surface area (Å²) >= 11 is 0. The van der Waals surface area contributed by atoms with Crippen molar-refractivity contribution in [3.05, 3.63) is 0 Å². The molecule has 0 aromatic rings. The van der Waals surface area contributed by atoms with Crippen molar-refractivity contribution in [1.29, 1.82) is 0 Å². The third-order valence-corrected chi connectivity index (χ3v) is 3.23. The Morgan fingerprint density at radius 1 is 1.47 bits per heavy atom. The zero-order valence-corrected chi connectivity index (χ0v) is 11.7. The van der Waals surface area contributed by atoms with Crippen molar-refractivity contribution in [2.75, 3.05) is 19.8 Å². The largest absolute Gasteiger partial charge is 0.381 e. The summed E-state index contributed by atoms with van der Waals surface area (Å²) in [6.07, 6.45) is 3.11. The smallest absolute Gasteiger partial charge is 0.225 e. The molecule has 0 spiro atoms. The molecule has 1 heterocycles. The fourth-order valence-electron chi connectivity index (χ4n) is 2.60. The summed E-state index contributed by atoms with van der Waals surface area (Å²) in [5, 5.41) is 3.08. The first-order chi connectivity index (χ1) is 7.91. The number of nitrogens with one attached hydrogen (secondary N) is 1. The fourth-order valence-corrected chi connectivity index (χ4v) is 2.60. The minimum atomic E-state index is 0.0681. The third-order valence-electron chi connectivity index (χ3n) is 3.23. The van der Waals surface area contributed by atoms with E-state index in [0.29, 0.717) is 12.5 Å². The summed E-state index contributed by atoms with van der Waals surface area (Å²) in [6.45, 7) is 11.0. The molecule has 1 rings (SSSR count). The SMILES string of the molecule is CC(C)CC(C)(C)CNC(=O)C1CCCOC1. The Morgan fingerprint density at radius 2 is 2.18 bits per heavy atom. The number of rotatable bonds is 5. The number of amides is 1. The average Bonchev–Trinajstić information content (AvgIpc) is 2.25. The van der Waals surface area contributed by atoms with Crippen LogP contribution in [0, 0.1) is 17.3 Å². The summed E-state index contributed by atoms with van der Waals surface area (Å²) in [7, 11) is 0. The number of carbonyl (C=O) groups is 1. The zero-order valence-electron chi connectivity index (χ0n) is 11.7. The van der Waals surface area contributed by atoms with E-state index in [2.05, 4.69) is 33.0 Å². The molecule has 1 aliphatic rings. The quantitative estimate of drug-likeness (QED) is 0.803. The molecule has 3 nitrogen and oxygen atoms in total.